The second-order valence-corrected chi connectivity index (χ2v) is 4.54. The molecule has 14 heavy (non-hydrogen) atoms. The van der Waals surface area contributed by atoms with Crippen LogP contribution in [0.1, 0.15) is 38.5 Å². The fraction of sp³-hybridized carbons (Fsp3) is 0.909. The second kappa shape index (κ2) is 4.30. The minimum absolute atomic E-state index is 0.357. The van der Waals surface area contributed by atoms with Gasteiger partial charge in [0.15, 0.2) is 0 Å². The smallest absolute Gasteiger partial charge is 0.222 e. The summed E-state index contributed by atoms with van der Waals surface area (Å²) in [6.45, 7) is 1.72. The van der Waals surface area contributed by atoms with Crippen molar-refractivity contribution >= 4 is 5.91 Å². The number of nitrogens with two attached hydrogens (primary N) is 1. The SMILES string of the molecule is NCC1CCCCC1N1CCCC1=O. The molecular formula is C11H20N2O. The molecule has 1 heterocycles. The van der Waals surface area contributed by atoms with E-state index in [1.807, 2.05) is 0 Å². The molecule has 2 aliphatic rings. The maximum Gasteiger partial charge on any atom is 0.222 e. The van der Waals surface area contributed by atoms with Gasteiger partial charge in [0.25, 0.3) is 0 Å². The number of hydrogen-bond acceptors (Lipinski definition) is 2. The van der Waals surface area contributed by atoms with Gasteiger partial charge in [0.1, 0.15) is 0 Å². The van der Waals surface area contributed by atoms with Crippen molar-refractivity contribution in [2.45, 2.75) is 44.6 Å². The average molecular weight is 196 g/mol. The highest BCUT2D eigenvalue weighted by Crippen LogP contribution is 2.30. The Bertz CT molecular complexity index is 217. The Labute approximate surface area is 85.6 Å². The van der Waals surface area contributed by atoms with Crippen molar-refractivity contribution in [3.05, 3.63) is 0 Å². The number of hydrogen-bond donors (Lipinski definition) is 1. The van der Waals surface area contributed by atoms with Gasteiger partial charge < -0.3 is 10.6 Å². The van der Waals surface area contributed by atoms with Crippen molar-refractivity contribution in [2.75, 3.05) is 13.1 Å². The van der Waals surface area contributed by atoms with Crippen LogP contribution in [0.3, 0.4) is 0 Å². The van der Waals surface area contributed by atoms with Gasteiger partial charge in [-0.25, -0.2) is 0 Å². The van der Waals surface area contributed by atoms with E-state index in [0.29, 0.717) is 17.9 Å². The van der Waals surface area contributed by atoms with E-state index in [2.05, 4.69) is 4.90 Å². The molecule has 0 bridgehead atoms. The van der Waals surface area contributed by atoms with Gasteiger partial charge in [0.2, 0.25) is 5.91 Å². The zero-order chi connectivity index (χ0) is 9.97. The van der Waals surface area contributed by atoms with E-state index in [1.165, 1.54) is 25.7 Å². The van der Waals surface area contributed by atoms with E-state index in [1.54, 1.807) is 0 Å². The van der Waals surface area contributed by atoms with E-state index in [-0.39, 0.29) is 0 Å². The summed E-state index contributed by atoms with van der Waals surface area (Å²) in [4.78, 5) is 13.7. The summed E-state index contributed by atoms with van der Waals surface area (Å²) in [5, 5.41) is 0. The van der Waals surface area contributed by atoms with Crippen LogP contribution in [-0.2, 0) is 4.79 Å². The van der Waals surface area contributed by atoms with E-state index < -0.39 is 0 Å². The van der Waals surface area contributed by atoms with Crippen molar-refractivity contribution in [3.63, 3.8) is 0 Å². The van der Waals surface area contributed by atoms with Crippen LogP contribution in [0.2, 0.25) is 0 Å². The largest absolute Gasteiger partial charge is 0.339 e. The van der Waals surface area contributed by atoms with Crippen molar-refractivity contribution in [2.24, 2.45) is 11.7 Å². The molecule has 2 N–H and O–H groups in total. The molecular weight excluding hydrogens is 176 g/mol. The summed E-state index contributed by atoms with van der Waals surface area (Å²) >= 11 is 0. The molecule has 2 rings (SSSR count). The van der Waals surface area contributed by atoms with Crippen molar-refractivity contribution in [1.29, 1.82) is 0 Å². The monoisotopic (exact) mass is 196 g/mol. The first kappa shape index (κ1) is 9.97. The number of carbonyl (C=O) groups excluding carboxylic acids is 1. The summed E-state index contributed by atoms with van der Waals surface area (Å²) in [5.74, 6) is 0.918. The zero-order valence-corrected chi connectivity index (χ0v) is 8.74. The molecule has 2 unspecified atom stereocenters. The summed E-state index contributed by atoms with van der Waals surface area (Å²) in [7, 11) is 0. The zero-order valence-electron chi connectivity index (χ0n) is 8.74. The highest BCUT2D eigenvalue weighted by atomic mass is 16.2. The van der Waals surface area contributed by atoms with Crippen LogP contribution >= 0.6 is 0 Å². The molecule has 2 fully saturated rings. The molecule has 0 aromatic carbocycles. The van der Waals surface area contributed by atoms with Crippen LogP contribution < -0.4 is 5.73 Å². The van der Waals surface area contributed by atoms with Crippen LogP contribution in [0.15, 0.2) is 0 Å². The van der Waals surface area contributed by atoms with Crippen molar-refractivity contribution in [1.82, 2.24) is 4.90 Å². The van der Waals surface area contributed by atoms with Crippen LogP contribution in [0, 0.1) is 5.92 Å². The average Bonchev–Trinajstić information content (AvgIpc) is 2.64. The predicted octanol–water partition coefficient (Wildman–Crippen LogP) is 1.13. The van der Waals surface area contributed by atoms with Crippen LogP contribution in [0.25, 0.3) is 0 Å². The highest BCUT2D eigenvalue weighted by molar-refractivity contribution is 5.78. The third-order valence-corrected chi connectivity index (χ3v) is 3.68. The summed E-state index contributed by atoms with van der Waals surface area (Å²) in [5.41, 5.74) is 5.77. The Hall–Kier alpha value is -0.570. The quantitative estimate of drug-likeness (QED) is 0.719. The molecule has 3 nitrogen and oxygen atoms in total. The van der Waals surface area contributed by atoms with Gasteiger partial charge in [-0.3, -0.25) is 4.79 Å². The predicted molar refractivity (Wildman–Crippen MR) is 55.7 cm³/mol. The Morgan fingerprint density at radius 2 is 2.07 bits per heavy atom. The van der Waals surface area contributed by atoms with Crippen LogP contribution in [0.5, 0.6) is 0 Å². The van der Waals surface area contributed by atoms with Crippen molar-refractivity contribution < 1.29 is 4.79 Å². The standard InChI is InChI=1S/C11H20N2O/c12-8-9-4-1-2-5-10(9)13-7-3-6-11(13)14/h9-10H,1-8,12H2. The number of likely N-dealkylation sites (tertiary alicyclic amines) is 1. The van der Waals surface area contributed by atoms with Gasteiger partial charge in [-0.15, -0.1) is 0 Å². The Morgan fingerprint density at radius 3 is 2.71 bits per heavy atom. The lowest BCUT2D eigenvalue weighted by atomic mass is 9.83. The molecule has 0 aromatic rings. The number of rotatable bonds is 2. The van der Waals surface area contributed by atoms with Gasteiger partial charge >= 0.3 is 0 Å². The third kappa shape index (κ3) is 1.78. The Morgan fingerprint density at radius 1 is 1.29 bits per heavy atom. The first-order valence-electron chi connectivity index (χ1n) is 5.82. The lowest BCUT2D eigenvalue weighted by molar-refractivity contribution is -0.131. The minimum Gasteiger partial charge on any atom is -0.339 e. The topological polar surface area (TPSA) is 46.3 Å². The molecule has 1 amide bonds. The molecule has 1 saturated carbocycles. The van der Waals surface area contributed by atoms with Crippen molar-refractivity contribution in [3.8, 4) is 0 Å². The first-order valence-corrected chi connectivity index (χ1v) is 5.82. The van der Waals surface area contributed by atoms with Gasteiger partial charge in [0.05, 0.1) is 0 Å². The van der Waals surface area contributed by atoms with E-state index in [9.17, 15) is 4.79 Å². The van der Waals surface area contributed by atoms with E-state index in [0.717, 1.165) is 25.9 Å². The summed E-state index contributed by atoms with van der Waals surface area (Å²) in [6, 6.07) is 0.462. The highest BCUT2D eigenvalue weighted by Gasteiger charge is 2.34. The molecule has 0 spiro atoms. The minimum atomic E-state index is 0.357. The molecule has 2 atom stereocenters. The fourth-order valence-electron chi connectivity index (χ4n) is 2.89. The number of carbonyl (C=O) groups is 1. The summed E-state index contributed by atoms with van der Waals surface area (Å²) in [6.07, 6.45) is 6.75. The summed E-state index contributed by atoms with van der Waals surface area (Å²) < 4.78 is 0. The lowest BCUT2D eigenvalue weighted by Gasteiger charge is -2.37. The third-order valence-electron chi connectivity index (χ3n) is 3.68. The van der Waals surface area contributed by atoms with Crippen LogP contribution in [-0.4, -0.2) is 29.9 Å². The van der Waals surface area contributed by atoms with Crippen LogP contribution in [0.4, 0.5) is 0 Å². The van der Waals surface area contributed by atoms with E-state index in [4.69, 9.17) is 5.73 Å². The fourth-order valence-corrected chi connectivity index (χ4v) is 2.89. The normalized spacial score (nSPS) is 33.8. The van der Waals surface area contributed by atoms with E-state index >= 15 is 0 Å². The number of amides is 1. The van der Waals surface area contributed by atoms with Gasteiger partial charge in [0, 0.05) is 19.0 Å². The second-order valence-electron chi connectivity index (χ2n) is 4.54. The van der Waals surface area contributed by atoms with Gasteiger partial charge in [-0.2, -0.15) is 0 Å². The Balaban J connectivity index is 2.02. The molecule has 80 valence electrons. The maximum absolute atomic E-state index is 11.6. The molecule has 1 saturated heterocycles. The van der Waals surface area contributed by atoms with Gasteiger partial charge in [-0.05, 0) is 31.7 Å². The molecule has 1 aliphatic carbocycles. The molecule has 3 heteroatoms. The maximum atomic E-state index is 11.6. The lowest BCUT2D eigenvalue weighted by Crippen LogP contribution is -2.45. The number of nitrogens with zero attached hydrogens (tertiary/aromatic N) is 1. The molecule has 0 aromatic heterocycles. The Kier molecular flexibility index (Phi) is 3.06. The first-order chi connectivity index (χ1) is 6.83. The van der Waals surface area contributed by atoms with Gasteiger partial charge in [-0.1, -0.05) is 12.8 Å². The molecule has 0 radical (unpaired) electrons. The molecule has 1 aliphatic heterocycles.